The molecule has 0 bridgehead atoms. The number of ether oxygens (including phenoxy) is 2. The molecule has 0 radical (unpaired) electrons. The number of aromatic amines is 1. The van der Waals surface area contributed by atoms with Crippen molar-refractivity contribution in [3.8, 4) is 11.5 Å². The van der Waals surface area contributed by atoms with Gasteiger partial charge in [0.15, 0.2) is 17.3 Å². The fourth-order valence-corrected chi connectivity index (χ4v) is 17.6. The number of nitrogens with one attached hydrogen (secondary N) is 1. The zero-order valence-corrected chi connectivity index (χ0v) is 41.6. The van der Waals surface area contributed by atoms with E-state index in [1.165, 1.54) is 77.0 Å². The number of ketones is 2. The highest BCUT2D eigenvalue weighted by molar-refractivity contribution is 9.09. The van der Waals surface area contributed by atoms with Crippen LogP contribution in [0, 0.1) is 80.8 Å². The van der Waals surface area contributed by atoms with Crippen LogP contribution in [-0.2, 0) is 16.1 Å². The summed E-state index contributed by atoms with van der Waals surface area (Å²) in [4.78, 5) is 25.9. The van der Waals surface area contributed by atoms with E-state index in [0.29, 0.717) is 57.8 Å². The van der Waals surface area contributed by atoms with E-state index >= 15 is 0 Å². The number of fused-ring (bicyclic) bond motifs is 10. The number of nitrogens with zero attached hydrogens (tertiary/aromatic N) is 3. The van der Waals surface area contributed by atoms with Crippen molar-refractivity contribution in [3.05, 3.63) is 24.8 Å². The molecule has 10 rings (SSSR count). The molecule has 0 unspecified atom stereocenters. The predicted octanol–water partition coefficient (Wildman–Crippen LogP) is 12.6. The van der Waals surface area contributed by atoms with Gasteiger partial charge in [0.2, 0.25) is 0 Å². The minimum absolute atomic E-state index is 0. The van der Waals surface area contributed by atoms with Crippen molar-refractivity contribution < 1.29 is 29.3 Å². The molecular weight excluding hydrogens is 893 g/mol. The topological polar surface area (TPSA) is 140 Å². The third-order valence-corrected chi connectivity index (χ3v) is 21.2. The van der Waals surface area contributed by atoms with Crippen LogP contribution in [0.1, 0.15) is 179 Å². The Balaban J connectivity index is 0.000000210. The summed E-state index contributed by atoms with van der Waals surface area (Å²) in [6, 6.07) is 0. The zero-order chi connectivity index (χ0) is 45.2. The smallest absolute Gasteiger partial charge is 0.157 e. The summed E-state index contributed by atoms with van der Waals surface area (Å²) in [6.45, 7) is 14.4. The van der Waals surface area contributed by atoms with E-state index in [1.807, 2.05) is 20.0 Å². The van der Waals surface area contributed by atoms with Gasteiger partial charge in [-0.25, -0.2) is 0 Å². The standard InChI is InChI=1S/C26H40N2O3.C22H35BrO2.C4H6N2O.3CH4/c1-24(30)11-12-25(2)17(13-24)5-6-19-20-7-8-22(26(20,3)10-9-21(19)25)23(29)16-28-15-18(31-4)14-27-28;1-20(25)10-11-21(2)14(12-20)4-5-15-16-6-7-18(19(24)13-23)22(16,3)9-8-17(15)21;1-7-4-2-5-6-3-4;;;/h14-15,17,19-22,30H,5-13,16H2,1-4H3;14-18,25H,4-13H2,1-3H3;2-3H,1H3,(H,5,6);3*1H4/t17-,19-,20-,21-,22+,24+,25-,26-;14-,15-,16-,17-,18+,20+,21-,22-;;;;/m00..../s1. The number of methoxy groups -OCH3 is 2. The quantitative estimate of drug-likeness (QED) is 0.233. The number of Topliss-reactive ketones (excluding diaryl/α,β-unsaturated/α-hetero) is 2. The van der Waals surface area contributed by atoms with Gasteiger partial charge in [-0.15, -0.1) is 0 Å². The Morgan fingerprint density at radius 2 is 1.11 bits per heavy atom. The molecule has 8 fully saturated rings. The van der Waals surface area contributed by atoms with E-state index in [0.717, 1.165) is 73.9 Å². The van der Waals surface area contributed by atoms with Gasteiger partial charge in [-0.05, 0) is 198 Å². The van der Waals surface area contributed by atoms with Gasteiger partial charge in [0, 0.05) is 11.8 Å². The van der Waals surface area contributed by atoms with E-state index < -0.39 is 11.2 Å². The molecule has 2 heterocycles. The molecule has 66 heavy (non-hydrogen) atoms. The first kappa shape index (κ1) is 54.7. The third-order valence-electron chi connectivity index (χ3n) is 20.7. The fraction of sp³-hybridized carbons (Fsp3) is 0.855. The Morgan fingerprint density at radius 3 is 1.52 bits per heavy atom. The summed E-state index contributed by atoms with van der Waals surface area (Å²) in [5.74, 6) is 8.65. The van der Waals surface area contributed by atoms with E-state index in [2.05, 4.69) is 58.9 Å². The average molecular weight is 986 g/mol. The second-order valence-electron chi connectivity index (χ2n) is 23.8. The highest BCUT2D eigenvalue weighted by Crippen LogP contribution is 2.70. The third kappa shape index (κ3) is 9.90. The highest BCUT2D eigenvalue weighted by atomic mass is 79.9. The predicted molar refractivity (Wildman–Crippen MR) is 270 cm³/mol. The molecule has 8 aliphatic rings. The van der Waals surface area contributed by atoms with Crippen molar-refractivity contribution in [1.82, 2.24) is 20.0 Å². The Bertz CT molecular complexity index is 1920. The largest absolute Gasteiger partial charge is 0.493 e. The lowest BCUT2D eigenvalue weighted by Gasteiger charge is -2.61. The number of carbonyl (C=O) groups is 2. The lowest BCUT2D eigenvalue weighted by molar-refractivity contribution is -0.151. The molecule has 0 spiro atoms. The van der Waals surface area contributed by atoms with Crippen LogP contribution < -0.4 is 9.47 Å². The van der Waals surface area contributed by atoms with Gasteiger partial charge in [-0.3, -0.25) is 19.4 Å². The lowest BCUT2D eigenvalue weighted by Crippen LogP contribution is -2.55. The molecule has 2 aromatic heterocycles. The highest BCUT2D eigenvalue weighted by Gasteiger charge is 2.63. The first-order valence-electron chi connectivity index (χ1n) is 25.0. The average Bonchev–Trinajstić information content (AvgIpc) is 4.07. The maximum absolute atomic E-state index is 13.4. The van der Waals surface area contributed by atoms with Crippen LogP contribution in [-0.4, -0.2) is 72.5 Å². The van der Waals surface area contributed by atoms with Crippen molar-refractivity contribution in [2.24, 2.45) is 80.8 Å². The number of hydrogen-bond acceptors (Lipinski definition) is 8. The van der Waals surface area contributed by atoms with Gasteiger partial charge in [-0.2, -0.15) is 10.2 Å². The van der Waals surface area contributed by atoms with Crippen LogP contribution in [0.2, 0.25) is 0 Å². The summed E-state index contributed by atoms with van der Waals surface area (Å²) in [5.41, 5.74) is 0.264. The van der Waals surface area contributed by atoms with Gasteiger partial charge >= 0.3 is 0 Å². The van der Waals surface area contributed by atoms with Crippen molar-refractivity contribution in [2.45, 2.75) is 197 Å². The summed E-state index contributed by atoms with van der Waals surface area (Å²) >= 11 is 3.43. The van der Waals surface area contributed by atoms with Crippen LogP contribution in [0.15, 0.2) is 24.8 Å². The summed E-state index contributed by atoms with van der Waals surface area (Å²) < 4.78 is 11.7. The van der Waals surface area contributed by atoms with Crippen molar-refractivity contribution in [3.63, 3.8) is 0 Å². The van der Waals surface area contributed by atoms with E-state index in [9.17, 15) is 19.8 Å². The van der Waals surface area contributed by atoms with Gasteiger partial charge in [0.25, 0.3) is 0 Å². The molecule has 0 aromatic carbocycles. The minimum atomic E-state index is -0.472. The number of aromatic nitrogens is 4. The maximum Gasteiger partial charge on any atom is 0.157 e. The molecule has 16 atom stereocenters. The van der Waals surface area contributed by atoms with Crippen LogP contribution in [0.4, 0.5) is 0 Å². The van der Waals surface area contributed by atoms with Crippen LogP contribution in [0.25, 0.3) is 0 Å². The first-order valence-corrected chi connectivity index (χ1v) is 26.1. The van der Waals surface area contributed by atoms with Gasteiger partial charge in [0.05, 0.1) is 62.1 Å². The van der Waals surface area contributed by atoms with Crippen LogP contribution >= 0.6 is 15.9 Å². The molecule has 0 aliphatic heterocycles. The number of carbonyl (C=O) groups excluding carboxylic acids is 2. The van der Waals surface area contributed by atoms with Gasteiger partial charge < -0.3 is 19.7 Å². The van der Waals surface area contributed by atoms with Crippen LogP contribution in [0.5, 0.6) is 11.5 Å². The molecule has 0 amide bonds. The molecule has 10 nitrogen and oxygen atoms in total. The molecule has 376 valence electrons. The molecule has 3 N–H and O–H groups in total. The number of rotatable bonds is 7. The lowest BCUT2D eigenvalue weighted by atomic mass is 9.44. The molecule has 2 aromatic rings. The maximum atomic E-state index is 13.4. The Labute approximate surface area is 408 Å². The van der Waals surface area contributed by atoms with E-state index in [-0.39, 0.29) is 44.9 Å². The second kappa shape index (κ2) is 20.6. The van der Waals surface area contributed by atoms with Gasteiger partial charge in [0.1, 0.15) is 5.78 Å². The minimum Gasteiger partial charge on any atom is -0.493 e. The summed E-state index contributed by atoms with van der Waals surface area (Å²) in [7, 11) is 3.23. The van der Waals surface area contributed by atoms with Crippen LogP contribution in [0.3, 0.4) is 0 Å². The molecule has 8 saturated carbocycles. The summed E-state index contributed by atoms with van der Waals surface area (Å²) in [6.07, 6.45) is 27.8. The second-order valence-corrected chi connectivity index (χ2v) is 24.4. The van der Waals surface area contributed by atoms with E-state index in [4.69, 9.17) is 9.47 Å². The zero-order valence-electron chi connectivity index (χ0n) is 40.0. The monoisotopic (exact) mass is 985 g/mol. The number of H-pyrrole nitrogens is 1. The van der Waals surface area contributed by atoms with Crippen molar-refractivity contribution >= 4 is 27.5 Å². The number of halogens is 1. The molecule has 8 aliphatic carbocycles. The number of alkyl halides is 1. The van der Waals surface area contributed by atoms with Crippen molar-refractivity contribution in [1.29, 1.82) is 0 Å². The molecular formula is C55H93BrN4O6. The SMILES string of the molecule is C.C.C.COc1cn[nH]c1.COc1cnn(CC(=O)[C@H]2CC[C@H]3[C@@H]4CC[C@H]5C[C@](C)(O)CC[C@]5(C)[C@H]4CC[C@]23C)c1.C[C@@]1(O)CC[C@@]2(C)[C@@H](CC[C@@H]3[C@@H]2CC[C@]2(C)[C@@H](C(=O)CBr)CC[C@@H]32)C1. The number of aliphatic hydroxyl groups is 2. The molecule has 0 saturated heterocycles. The fourth-order valence-electron chi connectivity index (χ4n) is 17.2. The first-order chi connectivity index (χ1) is 29.8. The Morgan fingerprint density at radius 1 is 0.636 bits per heavy atom. The Kier molecular flexibility index (Phi) is 17.1. The van der Waals surface area contributed by atoms with Crippen molar-refractivity contribution in [2.75, 3.05) is 19.5 Å². The normalized spacial score (nSPS) is 43.7. The van der Waals surface area contributed by atoms with Gasteiger partial charge in [-0.1, -0.05) is 65.9 Å². The molecule has 11 heteroatoms. The number of hydrogen-bond donors (Lipinski definition) is 3. The summed E-state index contributed by atoms with van der Waals surface area (Å²) in [5, 5.41) is 32.4. The Hall–Kier alpha value is -2.24. The van der Waals surface area contributed by atoms with E-state index in [1.54, 1.807) is 37.5 Å².